The van der Waals surface area contributed by atoms with Gasteiger partial charge < -0.3 is 21.9 Å². The molecule has 0 aliphatic rings. The van der Waals surface area contributed by atoms with Crippen LogP contribution < -0.4 is 16.8 Å². The SMILES string of the molecule is Nc1cc(N)cc(CNc2ncc(C(=O)O)c(C(F)(F)F)n2)c1. The number of carboxylic acid groups (broad SMARTS) is 1. The van der Waals surface area contributed by atoms with Crippen molar-refractivity contribution in [1.82, 2.24) is 9.97 Å². The molecule has 7 nitrogen and oxygen atoms in total. The second-order valence-corrected chi connectivity index (χ2v) is 4.62. The first-order chi connectivity index (χ1) is 10.7. The van der Waals surface area contributed by atoms with Gasteiger partial charge in [-0.05, 0) is 23.8 Å². The Labute approximate surface area is 128 Å². The van der Waals surface area contributed by atoms with E-state index in [-0.39, 0.29) is 12.5 Å². The molecule has 0 saturated heterocycles. The molecular formula is C13H12F3N5O2. The average molecular weight is 327 g/mol. The molecule has 6 N–H and O–H groups in total. The van der Waals surface area contributed by atoms with Crippen molar-refractivity contribution >= 4 is 23.3 Å². The van der Waals surface area contributed by atoms with Crippen LogP contribution in [0, 0.1) is 0 Å². The predicted molar refractivity (Wildman–Crippen MR) is 76.6 cm³/mol. The van der Waals surface area contributed by atoms with Crippen molar-refractivity contribution in [2.45, 2.75) is 12.7 Å². The van der Waals surface area contributed by atoms with E-state index in [1.165, 1.54) is 6.07 Å². The van der Waals surface area contributed by atoms with E-state index in [2.05, 4.69) is 15.3 Å². The number of carboxylic acids is 1. The molecule has 0 amide bonds. The van der Waals surface area contributed by atoms with Gasteiger partial charge in [-0.2, -0.15) is 13.2 Å². The lowest BCUT2D eigenvalue weighted by Gasteiger charge is -2.11. The van der Waals surface area contributed by atoms with E-state index in [0.717, 1.165) is 0 Å². The van der Waals surface area contributed by atoms with Gasteiger partial charge in [-0.3, -0.25) is 0 Å². The molecule has 1 heterocycles. The number of nitrogens with two attached hydrogens (primary N) is 2. The molecule has 0 fully saturated rings. The molecule has 1 aromatic heterocycles. The molecule has 0 bridgehead atoms. The minimum Gasteiger partial charge on any atom is -0.478 e. The maximum atomic E-state index is 12.8. The first kappa shape index (κ1) is 16.3. The van der Waals surface area contributed by atoms with Crippen molar-refractivity contribution in [2.75, 3.05) is 16.8 Å². The van der Waals surface area contributed by atoms with E-state index < -0.39 is 23.4 Å². The number of nitrogen functional groups attached to an aromatic ring is 2. The molecule has 122 valence electrons. The fraction of sp³-hybridized carbons (Fsp3) is 0.154. The summed E-state index contributed by atoms with van der Waals surface area (Å²) in [6.07, 6.45) is -4.30. The molecule has 0 aliphatic carbocycles. The third-order valence-corrected chi connectivity index (χ3v) is 2.78. The Balaban J connectivity index is 2.25. The smallest absolute Gasteiger partial charge is 0.434 e. The first-order valence-electron chi connectivity index (χ1n) is 6.23. The van der Waals surface area contributed by atoms with Crippen molar-refractivity contribution in [3.63, 3.8) is 0 Å². The van der Waals surface area contributed by atoms with Crippen LogP contribution in [-0.4, -0.2) is 21.0 Å². The summed E-state index contributed by atoms with van der Waals surface area (Å²) in [7, 11) is 0. The molecule has 0 radical (unpaired) electrons. The van der Waals surface area contributed by atoms with Crippen molar-refractivity contribution in [3.05, 3.63) is 41.2 Å². The number of hydrogen-bond acceptors (Lipinski definition) is 6. The van der Waals surface area contributed by atoms with Gasteiger partial charge in [0.1, 0.15) is 5.56 Å². The van der Waals surface area contributed by atoms with Gasteiger partial charge in [-0.25, -0.2) is 14.8 Å². The molecule has 2 rings (SSSR count). The third kappa shape index (κ3) is 3.99. The minimum absolute atomic E-state index is 0.0684. The van der Waals surface area contributed by atoms with Crippen LogP contribution in [0.25, 0.3) is 0 Å². The Morgan fingerprint density at radius 3 is 2.35 bits per heavy atom. The quantitative estimate of drug-likeness (QED) is 0.632. The zero-order chi connectivity index (χ0) is 17.2. The molecule has 1 aromatic carbocycles. The maximum Gasteiger partial charge on any atom is 0.434 e. The van der Waals surface area contributed by atoms with Gasteiger partial charge in [0.25, 0.3) is 0 Å². The molecule has 0 unspecified atom stereocenters. The second-order valence-electron chi connectivity index (χ2n) is 4.62. The number of nitrogens with zero attached hydrogens (tertiary/aromatic N) is 2. The number of anilines is 3. The lowest BCUT2D eigenvalue weighted by atomic mass is 10.2. The fourth-order valence-electron chi connectivity index (χ4n) is 1.87. The van der Waals surface area contributed by atoms with Crippen LogP contribution in [-0.2, 0) is 12.7 Å². The summed E-state index contributed by atoms with van der Waals surface area (Å²) < 4.78 is 38.5. The molecule has 23 heavy (non-hydrogen) atoms. The van der Waals surface area contributed by atoms with E-state index >= 15 is 0 Å². The van der Waals surface area contributed by atoms with Gasteiger partial charge in [0.15, 0.2) is 5.69 Å². The number of hydrogen-bond donors (Lipinski definition) is 4. The summed E-state index contributed by atoms with van der Waals surface area (Å²) >= 11 is 0. The molecule has 0 aliphatic heterocycles. The number of halogens is 3. The van der Waals surface area contributed by atoms with Crippen molar-refractivity contribution in [1.29, 1.82) is 0 Å². The van der Waals surface area contributed by atoms with E-state index in [9.17, 15) is 18.0 Å². The number of aromatic nitrogens is 2. The first-order valence-corrected chi connectivity index (χ1v) is 6.23. The molecule has 10 heteroatoms. The number of benzene rings is 1. The number of carbonyl (C=O) groups is 1. The Morgan fingerprint density at radius 2 is 1.83 bits per heavy atom. The summed E-state index contributed by atoms with van der Waals surface area (Å²) in [6, 6.07) is 4.70. The van der Waals surface area contributed by atoms with Crippen molar-refractivity contribution in [2.24, 2.45) is 0 Å². The van der Waals surface area contributed by atoms with Gasteiger partial charge >= 0.3 is 12.1 Å². The number of nitrogens with one attached hydrogen (secondary N) is 1. The van der Waals surface area contributed by atoms with E-state index in [1.807, 2.05) is 0 Å². The number of aromatic carboxylic acids is 1. The number of alkyl halides is 3. The van der Waals surface area contributed by atoms with Gasteiger partial charge in [-0.15, -0.1) is 0 Å². The van der Waals surface area contributed by atoms with E-state index in [0.29, 0.717) is 23.1 Å². The molecular weight excluding hydrogens is 315 g/mol. The Bertz CT molecular complexity index is 729. The highest BCUT2D eigenvalue weighted by atomic mass is 19.4. The standard InChI is InChI=1S/C13H12F3N5O2/c14-13(15,16)10-9(11(22)23)5-20-12(21-10)19-4-6-1-7(17)3-8(18)2-6/h1-3,5H,4,17-18H2,(H,22,23)(H,19,20,21). The van der Waals surface area contributed by atoms with E-state index in [1.54, 1.807) is 12.1 Å². The maximum absolute atomic E-state index is 12.8. The zero-order valence-electron chi connectivity index (χ0n) is 11.6. The Morgan fingerprint density at radius 1 is 1.22 bits per heavy atom. The normalized spacial score (nSPS) is 11.3. The average Bonchev–Trinajstić information content (AvgIpc) is 2.42. The van der Waals surface area contributed by atoms with Crippen LogP contribution >= 0.6 is 0 Å². The summed E-state index contributed by atoms with van der Waals surface area (Å²) in [5.74, 6) is -2.11. The highest BCUT2D eigenvalue weighted by Crippen LogP contribution is 2.30. The fourth-order valence-corrected chi connectivity index (χ4v) is 1.87. The Kier molecular flexibility index (Phi) is 4.25. The molecule has 0 saturated carbocycles. The van der Waals surface area contributed by atoms with Crippen LogP contribution in [0.5, 0.6) is 0 Å². The minimum atomic E-state index is -4.91. The lowest BCUT2D eigenvalue weighted by Crippen LogP contribution is -2.18. The molecule has 0 atom stereocenters. The number of rotatable bonds is 4. The molecule has 0 spiro atoms. The summed E-state index contributed by atoms with van der Waals surface area (Å²) in [4.78, 5) is 17.6. The van der Waals surface area contributed by atoms with Gasteiger partial charge in [0, 0.05) is 24.1 Å². The van der Waals surface area contributed by atoms with Crippen LogP contribution in [0.15, 0.2) is 24.4 Å². The second kappa shape index (κ2) is 5.99. The van der Waals surface area contributed by atoms with Crippen LogP contribution in [0.1, 0.15) is 21.6 Å². The van der Waals surface area contributed by atoms with Gasteiger partial charge in [-0.1, -0.05) is 0 Å². The lowest BCUT2D eigenvalue weighted by molar-refractivity contribution is -0.141. The highest BCUT2D eigenvalue weighted by Gasteiger charge is 2.38. The van der Waals surface area contributed by atoms with Crippen LogP contribution in [0.3, 0.4) is 0 Å². The topological polar surface area (TPSA) is 127 Å². The largest absolute Gasteiger partial charge is 0.478 e. The highest BCUT2D eigenvalue weighted by molar-refractivity contribution is 5.88. The predicted octanol–water partition coefficient (Wildman–Crippen LogP) is 1.97. The third-order valence-electron chi connectivity index (χ3n) is 2.78. The van der Waals surface area contributed by atoms with Crippen LogP contribution in [0.2, 0.25) is 0 Å². The van der Waals surface area contributed by atoms with Crippen molar-refractivity contribution < 1.29 is 23.1 Å². The van der Waals surface area contributed by atoms with E-state index in [4.69, 9.17) is 16.6 Å². The summed E-state index contributed by atoms with van der Waals surface area (Å²) in [6.45, 7) is 0.0684. The summed E-state index contributed by atoms with van der Waals surface area (Å²) in [5.41, 5.74) is 10.1. The van der Waals surface area contributed by atoms with Crippen molar-refractivity contribution in [3.8, 4) is 0 Å². The van der Waals surface area contributed by atoms with Gasteiger partial charge in [0.2, 0.25) is 5.95 Å². The monoisotopic (exact) mass is 327 g/mol. The molecule has 2 aromatic rings. The van der Waals surface area contributed by atoms with Crippen LogP contribution in [0.4, 0.5) is 30.5 Å². The summed E-state index contributed by atoms with van der Waals surface area (Å²) in [5, 5.41) is 11.3. The van der Waals surface area contributed by atoms with Gasteiger partial charge in [0.05, 0.1) is 0 Å². The zero-order valence-corrected chi connectivity index (χ0v) is 11.6. The Hall–Kier alpha value is -3.04.